The molecule has 84 valence electrons. The topological polar surface area (TPSA) is 12.4 Å². The second-order valence-corrected chi connectivity index (χ2v) is 3.88. The second-order valence-electron chi connectivity index (χ2n) is 3.88. The molecule has 0 aromatic heterocycles. The number of hydrogen-bond acceptors (Lipinski definition) is 1. The van der Waals surface area contributed by atoms with E-state index in [2.05, 4.69) is 31.8 Å². The molecule has 1 heteroatoms. The van der Waals surface area contributed by atoms with Crippen LogP contribution in [0, 0.1) is 5.92 Å². The van der Waals surface area contributed by atoms with Crippen molar-refractivity contribution in [1.82, 2.24) is 0 Å². The zero-order valence-corrected chi connectivity index (χ0v) is 10.6. The Labute approximate surface area is 94.3 Å². The molecular weight excluding hydrogens is 182 g/mol. The predicted molar refractivity (Wildman–Crippen MR) is 70.2 cm³/mol. The van der Waals surface area contributed by atoms with Crippen molar-refractivity contribution in [3.8, 4) is 0 Å². The van der Waals surface area contributed by atoms with Crippen LogP contribution < -0.4 is 0 Å². The molecule has 0 radical (unpaired) electrons. The summed E-state index contributed by atoms with van der Waals surface area (Å²) < 4.78 is 0. The van der Waals surface area contributed by atoms with Gasteiger partial charge in [-0.3, -0.25) is 4.99 Å². The van der Waals surface area contributed by atoms with Gasteiger partial charge in [-0.2, -0.15) is 0 Å². The molecule has 0 saturated heterocycles. The van der Waals surface area contributed by atoms with E-state index in [0.29, 0.717) is 0 Å². The molecule has 1 aliphatic rings. The average molecular weight is 205 g/mol. The van der Waals surface area contributed by atoms with Crippen LogP contribution in [0.5, 0.6) is 0 Å². The first-order valence-corrected chi connectivity index (χ1v) is 5.80. The standard InChI is InChI=1S/C8H7N.C4H10.C2H6/c1-2-4-8-7(3-1)5-6-9-8;1-4(2)3;1-2/h1-4,6H,5H2;4H,1-3H3;1-2H3. The first kappa shape index (κ1) is 13.9. The number of para-hydroxylation sites is 1. The van der Waals surface area contributed by atoms with Gasteiger partial charge in [0.1, 0.15) is 0 Å². The lowest BCUT2D eigenvalue weighted by Crippen LogP contribution is -1.75. The van der Waals surface area contributed by atoms with Crippen LogP contribution >= 0.6 is 0 Å². The molecule has 0 atom stereocenters. The first-order chi connectivity index (χ1) is 7.20. The predicted octanol–water partition coefficient (Wildman–Crippen LogP) is 4.63. The first-order valence-electron chi connectivity index (χ1n) is 5.80. The molecule has 1 aromatic rings. The Kier molecular flexibility index (Phi) is 7.61. The summed E-state index contributed by atoms with van der Waals surface area (Å²) in [5, 5.41) is 0. The fourth-order valence-electron chi connectivity index (χ4n) is 1.05. The van der Waals surface area contributed by atoms with Crippen molar-refractivity contribution in [3.05, 3.63) is 29.8 Å². The summed E-state index contributed by atoms with van der Waals surface area (Å²) in [7, 11) is 0. The van der Waals surface area contributed by atoms with Gasteiger partial charge in [0.2, 0.25) is 0 Å². The third-order valence-corrected chi connectivity index (χ3v) is 1.53. The van der Waals surface area contributed by atoms with E-state index in [1.165, 1.54) is 5.56 Å². The largest absolute Gasteiger partial charge is 0.261 e. The molecule has 0 unspecified atom stereocenters. The van der Waals surface area contributed by atoms with Crippen LogP contribution in [-0.2, 0) is 6.42 Å². The molecule has 0 saturated carbocycles. The summed E-state index contributed by atoms with van der Waals surface area (Å²) in [6, 6.07) is 8.22. The third-order valence-electron chi connectivity index (χ3n) is 1.53. The minimum Gasteiger partial charge on any atom is -0.261 e. The van der Waals surface area contributed by atoms with Gasteiger partial charge in [0.05, 0.1) is 5.69 Å². The molecule has 0 amide bonds. The second kappa shape index (κ2) is 8.22. The van der Waals surface area contributed by atoms with E-state index >= 15 is 0 Å². The molecule has 0 N–H and O–H groups in total. The van der Waals surface area contributed by atoms with Crippen LogP contribution in [0.25, 0.3) is 0 Å². The van der Waals surface area contributed by atoms with Gasteiger partial charge >= 0.3 is 0 Å². The van der Waals surface area contributed by atoms with E-state index in [1.54, 1.807) is 0 Å². The van der Waals surface area contributed by atoms with Crippen LogP contribution in [0.1, 0.15) is 40.2 Å². The lowest BCUT2D eigenvalue weighted by molar-refractivity contribution is 0.737. The van der Waals surface area contributed by atoms with Crippen molar-refractivity contribution in [3.63, 3.8) is 0 Å². The molecule has 1 aromatic carbocycles. The summed E-state index contributed by atoms with van der Waals surface area (Å²) in [5.74, 6) is 0.833. The van der Waals surface area contributed by atoms with Gasteiger partial charge in [-0.15, -0.1) is 0 Å². The maximum Gasteiger partial charge on any atom is 0.0661 e. The Morgan fingerprint density at radius 3 is 2.13 bits per heavy atom. The Morgan fingerprint density at radius 1 is 1.07 bits per heavy atom. The van der Waals surface area contributed by atoms with Gasteiger partial charge in [-0.05, 0) is 17.5 Å². The Hall–Kier alpha value is -1.11. The number of rotatable bonds is 0. The quantitative estimate of drug-likeness (QED) is 0.585. The lowest BCUT2D eigenvalue weighted by atomic mass is 10.2. The fourth-order valence-corrected chi connectivity index (χ4v) is 1.05. The molecular formula is C14H23N. The lowest BCUT2D eigenvalue weighted by Gasteiger charge is -1.91. The van der Waals surface area contributed by atoms with Crippen LogP contribution in [0.4, 0.5) is 5.69 Å². The molecule has 0 spiro atoms. The third kappa shape index (κ3) is 6.05. The van der Waals surface area contributed by atoms with Crippen LogP contribution in [-0.4, -0.2) is 6.21 Å². The summed E-state index contributed by atoms with van der Waals surface area (Å²) in [6.07, 6.45) is 2.96. The molecule has 1 aliphatic heterocycles. The van der Waals surface area contributed by atoms with Gasteiger partial charge in [0.25, 0.3) is 0 Å². The zero-order chi connectivity index (χ0) is 11.7. The van der Waals surface area contributed by atoms with Crippen molar-refractivity contribution in [2.75, 3.05) is 0 Å². The molecule has 0 aliphatic carbocycles. The van der Waals surface area contributed by atoms with Crippen LogP contribution in [0.15, 0.2) is 29.3 Å². The fraction of sp³-hybridized carbons (Fsp3) is 0.500. The summed E-state index contributed by atoms with van der Waals surface area (Å²) in [6.45, 7) is 10.5. The summed E-state index contributed by atoms with van der Waals surface area (Å²) >= 11 is 0. The molecule has 1 nitrogen and oxygen atoms in total. The Morgan fingerprint density at radius 2 is 1.60 bits per heavy atom. The molecule has 15 heavy (non-hydrogen) atoms. The van der Waals surface area contributed by atoms with Gasteiger partial charge in [-0.25, -0.2) is 0 Å². The molecule has 1 heterocycles. The van der Waals surface area contributed by atoms with Crippen molar-refractivity contribution < 1.29 is 0 Å². The van der Waals surface area contributed by atoms with Crippen molar-refractivity contribution in [1.29, 1.82) is 0 Å². The molecule has 0 bridgehead atoms. The van der Waals surface area contributed by atoms with Crippen molar-refractivity contribution >= 4 is 11.9 Å². The zero-order valence-electron chi connectivity index (χ0n) is 10.6. The summed E-state index contributed by atoms with van der Waals surface area (Å²) in [4.78, 5) is 4.17. The van der Waals surface area contributed by atoms with E-state index in [4.69, 9.17) is 0 Å². The monoisotopic (exact) mass is 205 g/mol. The Bertz CT molecular complexity index is 284. The van der Waals surface area contributed by atoms with Crippen LogP contribution in [0.2, 0.25) is 0 Å². The van der Waals surface area contributed by atoms with Gasteiger partial charge in [0.15, 0.2) is 0 Å². The van der Waals surface area contributed by atoms with Crippen LogP contribution in [0.3, 0.4) is 0 Å². The highest BCUT2D eigenvalue weighted by Gasteiger charge is 2.01. The van der Waals surface area contributed by atoms with E-state index in [-0.39, 0.29) is 0 Å². The highest BCUT2D eigenvalue weighted by molar-refractivity contribution is 5.75. The number of aliphatic imine (C=N–C) groups is 1. The maximum atomic E-state index is 4.17. The minimum absolute atomic E-state index is 0.833. The average Bonchev–Trinajstić information content (AvgIpc) is 2.67. The maximum absolute atomic E-state index is 4.17. The smallest absolute Gasteiger partial charge is 0.0661 e. The summed E-state index contributed by atoms with van der Waals surface area (Å²) in [5.41, 5.74) is 2.48. The Balaban J connectivity index is 0.000000282. The highest BCUT2D eigenvalue weighted by Crippen LogP contribution is 2.22. The number of benzene rings is 1. The van der Waals surface area contributed by atoms with Crippen molar-refractivity contribution in [2.24, 2.45) is 10.9 Å². The number of nitrogens with zero attached hydrogens (tertiary/aromatic N) is 1. The van der Waals surface area contributed by atoms with Gasteiger partial charge < -0.3 is 0 Å². The van der Waals surface area contributed by atoms with Crippen molar-refractivity contribution in [2.45, 2.75) is 41.0 Å². The van der Waals surface area contributed by atoms with E-state index in [9.17, 15) is 0 Å². The molecule has 2 rings (SSSR count). The van der Waals surface area contributed by atoms with Gasteiger partial charge in [-0.1, -0.05) is 52.8 Å². The minimum atomic E-state index is 0.833. The normalized spacial score (nSPS) is 11.1. The number of fused-ring (bicyclic) bond motifs is 1. The number of hydrogen-bond donors (Lipinski definition) is 0. The van der Waals surface area contributed by atoms with E-state index < -0.39 is 0 Å². The highest BCUT2D eigenvalue weighted by atomic mass is 14.7. The van der Waals surface area contributed by atoms with Gasteiger partial charge in [0, 0.05) is 12.6 Å². The van der Waals surface area contributed by atoms with E-state index in [0.717, 1.165) is 18.0 Å². The SMILES string of the molecule is C1=Nc2ccccc2C1.CC.CC(C)C. The van der Waals surface area contributed by atoms with E-state index in [1.807, 2.05) is 38.3 Å². The molecule has 0 fully saturated rings.